The molecular weight excluding hydrogens is 286 g/mol. The molecule has 0 aliphatic heterocycles. The van der Waals surface area contributed by atoms with Gasteiger partial charge in [0.1, 0.15) is 0 Å². The molecule has 0 radical (unpaired) electrons. The number of carbonyl (C=O) groups excluding carboxylic acids is 1. The Bertz CT molecular complexity index is 439. The van der Waals surface area contributed by atoms with Crippen molar-refractivity contribution >= 4 is 11.7 Å². The standard InChI is InChI=1S/C20H31NO2/c1-3-5-6-7-8-9-10-11-12-17-21-19-15-13-18(14-16-19)20(22)23-4-2/h3,13-16,21H,1,4-12,17H2,2H3. The van der Waals surface area contributed by atoms with E-state index in [0.717, 1.165) is 18.7 Å². The molecule has 23 heavy (non-hydrogen) atoms. The van der Waals surface area contributed by atoms with Crippen LogP contribution in [0.5, 0.6) is 0 Å². The fourth-order valence-electron chi connectivity index (χ4n) is 2.47. The SMILES string of the molecule is C=CCCCCCCCCCNc1ccc(C(=O)OCC)cc1. The summed E-state index contributed by atoms with van der Waals surface area (Å²) in [6.07, 6.45) is 12.2. The number of ether oxygens (including phenoxy) is 1. The summed E-state index contributed by atoms with van der Waals surface area (Å²) in [7, 11) is 0. The molecule has 0 heterocycles. The number of nitrogens with one attached hydrogen (secondary N) is 1. The third-order valence-corrected chi connectivity index (χ3v) is 3.81. The molecule has 1 rings (SSSR count). The number of carbonyl (C=O) groups is 1. The highest BCUT2D eigenvalue weighted by Gasteiger charge is 2.05. The van der Waals surface area contributed by atoms with E-state index in [1.165, 1.54) is 44.9 Å². The lowest BCUT2D eigenvalue weighted by atomic mass is 10.1. The van der Waals surface area contributed by atoms with Gasteiger partial charge in [-0.3, -0.25) is 0 Å². The van der Waals surface area contributed by atoms with Crippen LogP contribution in [0.3, 0.4) is 0 Å². The highest BCUT2D eigenvalue weighted by molar-refractivity contribution is 5.89. The molecule has 1 aromatic carbocycles. The van der Waals surface area contributed by atoms with Crippen molar-refractivity contribution in [2.75, 3.05) is 18.5 Å². The van der Waals surface area contributed by atoms with Crippen LogP contribution in [0.1, 0.15) is 68.6 Å². The van der Waals surface area contributed by atoms with E-state index in [-0.39, 0.29) is 5.97 Å². The number of unbranched alkanes of at least 4 members (excludes halogenated alkanes) is 7. The molecule has 0 saturated carbocycles. The highest BCUT2D eigenvalue weighted by Crippen LogP contribution is 2.12. The molecule has 0 aromatic heterocycles. The van der Waals surface area contributed by atoms with Gasteiger partial charge < -0.3 is 10.1 Å². The summed E-state index contributed by atoms with van der Waals surface area (Å²) in [5, 5.41) is 3.40. The van der Waals surface area contributed by atoms with Crippen molar-refractivity contribution in [2.24, 2.45) is 0 Å². The van der Waals surface area contributed by atoms with E-state index in [4.69, 9.17) is 4.74 Å². The van der Waals surface area contributed by atoms with Gasteiger partial charge in [-0.2, -0.15) is 0 Å². The van der Waals surface area contributed by atoms with E-state index in [9.17, 15) is 4.79 Å². The fourth-order valence-corrected chi connectivity index (χ4v) is 2.47. The third kappa shape index (κ3) is 9.07. The molecule has 0 atom stereocenters. The Labute approximate surface area is 141 Å². The molecule has 0 spiro atoms. The van der Waals surface area contributed by atoms with E-state index in [2.05, 4.69) is 11.9 Å². The monoisotopic (exact) mass is 317 g/mol. The highest BCUT2D eigenvalue weighted by atomic mass is 16.5. The van der Waals surface area contributed by atoms with Gasteiger partial charge in [0.15, 0.2) is 0 Å². The maximum absolute atomic E-state index is 11.6. The van der Waals surface area contributed by atoms with Gasteiger partial charge in [-0.25, -0.2) is 4.79 Å². The number of anilines is 1. The number of allylic oxidation sites excluding steroid dienone is 1. The van der Waals surface area contributed by atoms with Crippen molar-refractivity contribution in [2.45, 2.75) is 58.3 Å². The van der Waals surface area contributed by atoms with Gasteiger partial charge in [-0.1, -0.05) is 38.2 Å². The Balaban J connectivity index is 2.05. The quantitative estimate of drug-likeness (QED) is 0.293. The zero-order valence-electron chi connectivity index (χ0n) is 14.5. The summed E-state index contributed by atoms with van der Waals surface area (Å²) >= 11 is 0. The third-order valence-electron chi connectivity index (χ3n) is 3.81. The molecule has 3 nitrogen and oxygen atoms in total. The van der Waals surface area contributed by atoms with E-state index >= 15 is 0 Å². The smallest absolute Gasteiger partial charge is 0.338 e. The number of hydrogen-bond acceptors (Lipinski definition) is 3. The number of rotatable bonds is 13. The minimum atomic E-state index is -0.257. The minimum absolute atomic E-state index is 0.257. The van der Waals surface area contributed by atoms with Crippen LogP contribution in [0.25, 0.3) is 0 Å². The van der Waals surface area contributed by atoms with Gasteiger partial charge >= 0.3 is 5.97 Å². The maximum atomic E-state index is 11.6. The summed E-state index contributed by atoms with van der Waals surface area (Å²) in [5.74, 6) is -0.257. The average molecular weight is 317 g/mol. The van der Waals surface area contributed by atoms with Crippen LogP contribution in [-0.2, 0) is 4.74 Å². The molecule has 0 aliphatic carbocycles. The summed E-state index contributed by atoms with van der Waals surface area (Å²) in [6, 6.07) is 7.49. The van der Waals surface area contributed by atoms with Gasteiger partial charge in [-0.15, -0.1) is 6.58 Å². The van der Waals surface area contributed by atoms with Crippen LogP contribution in [-0.4, -0.2) is 19.1 Å². The minimum Gasteiger partial charge on any atom is -0.462 e. The second-order valence-electron chi connectivity index (χ2n) is 5.78. The number of hydrogen-bond donors (Lipinski definition) is 1. The van der Waals surface area contributed by atoms with Crippen LogP contribution in [0, 0.1) is 0 Å². The van der Waals surface area contributed by atoms with Crippen molar-refractivity contribution in [1.82, 2.24) is 0 Å². The second kappa shape index (κ2) is 12.7. The summed E-state index contributed by atoms with van der Waals surface area (Å²) in [5.41, 5.74) is 1.66. The Morgan fingerprint density at radius 1 is 1.04 bits per heavy atom. The predicted molar refractivity (Wildman–Crippen MR) is 98.0 cm³/mol. The Morgan fingerprint density at radius 2 is 1.65 bits per heavy atom. The molecule has 0 bridgehead atoms. The maximum Gasteiger partial charge on any atom is 0.338 e. The fraction of sp³-hybridized carbons (Fsp3) is 0.550. The van der Waals surface area contributed by atoms with E-state index < -0.39 is 0 Å². The van der Waals surface area contributed by atoms with E-state index in [0.29, 0.717) is 12.2 Å². The lowest BCUT2D eigenvalue weighted by Crippen LogP contribution is -2.05. The number of benzene rings is 1. The van der Waals surface area contributed by atoms with Crippen LogP contribution < -0.4 is 5.32 Å². The Morgan fingerprint density at radius 3 is 2.26 bits per heavy atom. The predicted octanol–water partition coefficient (Wildman–Crippen LogP) is 5.58. The first-order valence-electron chi connectivity index (χ1n) is 8.90. The van der Waals surface area contributed by atoms with E-state index in [1.807, 2.05) is 37.3 Å². The van der Waals surface area contributed by atoms with Gasteiger partial charge in [0.05, 0.1) is 12.2 Å². The summed E-state index contributed by atoms with van der Waals surface area (Å²) in [4.78, 5) is 11.6. The zero-order chi connectivity index (χ0) is 16.8. The number of esters is 1. The van der Waals surface area contributed by atoms with Crippen molar-refractivity contribution in [1.29, 1.82) is 0 Å². The summed E-state index contributed by atoms with van der Waals surface area (Å²) in [6.45, 7) is 6.95. The van der Waals surface area contributed by atoms with Crippen LogP contribution in [0.4, 0.5) is 5.69 Å². The molecule has 0 amide bonds. The molecule has 3 heteroatoms. The van der Waals surface area contributed by atoms with Gasteiger partial charge in [0.25, 0.3) is 0 Å². The molecule has 0 unspecified atom stereocenters. The first-order valence-corrected chi connectivity index (χ1v) is 8.90. The van der Waals surface area contributed by atoms with Crippen LogP contribution in [0.2, 0.25) is 0 Å². The van der Waals surface area contributed by atoms with Crippen molar-refractivity contribution < 1.29 is 9.53 Å². The Hall–Kier alpha value is -1.77. The van der Waals surface area contributed by atoms with Crippen molar-refractivity contribution in [3.63, 3.8) is 0 Å². The summed E-state index contributed by atoms with van der Waals surface area (Å²) < 4.78 is 4.97. The normalized spacial score (nSPS) is 10.3. The van der Waals surface area contributed by atoms with Gasteiger partial charge in [0.2, 0.25) is 0 Å². The Kier molecular flexibility index (Phi) is 10.7. The van der Waals surface area contributed by atoms with Gasteiger partial charge in [-0.05, 0) is 50.5 Å². The van der Waals surface area contributed by atoms with Crippen molar-refractivity contribution in [3.8, 4) is 0 Å². The molecule has 0 aliphatic rings. The molecular formula is C20H31NO2. The van der Waals surface area contributed by atoms with Crippen LogP contribution >= 0.6 is 0 Å². The van der Waals surface area contributed by atoms with E-state index in [1.54, 1.807) is 0 Å². The largest absolute Gasteiger partial charge is 0.462 e. The molecule has 0 saturated heterocycles. The lowest BCUT2D eigenvalue weighted by molar-refractivity contribution is 0.0526. The molecule has 1 aromatic rings. The van der Waals surface area contributed by atoms with Gasteiger partial charge in [0, 0.05) is 12.2 Å². The van der Waals surface area contributed by atoms with Crippen LogP contribution in [0.15, 0.2) is 36.9 Å². The topological polar surface area (TPSA) is 38.3 Å². The second-order valence-corrected chi connectivity index (χ2v) is 5.78. The first kappa shape index (κ1) is 19.3. The average Bonchev–Trinajstić information content (AvgIpc) is 2.57. The molecule has 1 N–H and O–H groups in total. The van der Waals surface area contributed by atoms with Crippen molar-refractivity contribution in [3.05, 3.63) is 42.5 Å². The first-order chi connectivity index (χ1) is 11.3. The molecule has 128 valence electrons. The molecule has 0 fully saturated rings. The lowest BCUT2D eigenvalue weighted by Gasteiger charge is -2.07. The zero-order valence-corrected chi connectivity index (χ0v) is 14.5.